The number of aliphatic imine (C=N–C) groups is 1. The van der Waals surface area contributed by atoms with Gasteiger partial charge in [-0.25, -0.2) is 4.99 Å². The van der Waals surface area contributed by atoms with Gasteiger partial charge in [0.1, 0.15) is 6.54 Å². The molecule has 0 radical (unpaired) electrons. The summed E-state index contributed by atoms with van der Waals surface area (Å²) in [6.45, 7) is 5.80. The van der Waals surface area contributed by atoms with E-state index in [1.165, 1.54) is 11.1 Å². The highest BCUT2D eigenvalue weighted by Crippen LogP contribution is 2.02. The summed E-state index contributed by atoms with van der Waals surface area (Å²) in [6, 6.07) is 8.50. The van der Waals surface area contributed by atoms with Crippen LogP contribution in [0.15, 0.2) is 29.3 Å². The molecule has 0 aliphatic rings. The van der Waals surface area contributed by atoms with E-state index in [1.54, 1.807) is 19.0 Å². The molecule has 22 heavy (non-hydrogen) atoms. The Morgan fingerprint density at radius 3 is 2.36 bits per heavy atom. The Hall–Kier alpha value is -1.31. The summed E-state index contributed by atoms with van der Waals surface area (Å²) in [5.41, 5.74) is 2.55. The van der Waals surface area contributed by atoms with Crippen LogP contribution in [0.3, 0.4) is 0 Å². The molecule has 124 valence electrons. The van der Waals surface area contributed by atoms with Crippen LogP contribution in [0, 0.1) is 6.92 Å². The van der Waals surface area contributed by atoms with Crippen molar-refractivity contribution >= 4 is 35.8 Å². The van der Waals surface area contributed by atoms with Gasteiger partial charge < -0.3 is 15.5 Å². The van der Waals surface area contributed by atoms with E-state index in [0.29, 0.717) is 5.96 Å². The lowest BCUT2D eigenvalue weighted by atomic mass is 10.1. The first kappa shape index (κ1) is 20.7. The van der Waals surface area contributed by atoms with Crippen molar-refractivity contribution in [2.24, 2.45) is 4.99 Å². The van der Waals surface area contributed by atoms with Crippen LogP contribution in [0.25, 0.3) is 0 Å². The molecule has 0 bridgehead atoms. The van der Waals surface area contributed by atoms with Crippen molar-refractivity contribution in [3.05, 3.63) is 35.4 Å². The maximum atomic E-state index is 11.5. The minimum Gasteiger partial charge on any atom is -0.357 e. The van der Waals surface area contributed by atoms with E-state index in [0.717, 1.165) is 19.5 Å². The molecule has 0 atom stereocenters. The van der Waals surface area contributed by atoms with Gasteiger partial charge in [-0.3, -0.25) is 4.79 Å². The van der Waals surface area contributed by atoms with Crippen LogP contribution in [0.1, 0.15) is 18.1 Å². The number of carbonyl (C=O) groups is 1. The molecular weight excluding hydrogens is 391 g/mol. The molecule has 0 unspecified atom stereocenters. The highest BCUT2D eigenvalue weighted by molar-refractivity contribution is 14.0. The SMILES string of the molecule is CCNC(=NCC(=O)N(C)C)NCCc1ccc(C)cc1.I. The van der Waals surface area contributed by atoms with Gasteiger partial charge in [-0.05, 0) is 25.8 Å². The third-order valence-electron chi connectivity index (χ3n) is 3.04. The number of guanidine groups is 1. The summed E-state index contributed by atoms with van der Waals surface area (Å²) in [5, 5.41) is 6.39. The monoisotopic (exact) mass is 418 g/mol. The third kappa shape index (κ3) is 8.21. The van der Waals surface area contributed by atoms with Crippen LogP contribution >= 0.6 is 24.0 Å². The van der Waals surface area contributed by atoms with Gasteiger partial charge >= 0.3 is 0 Å². The molecule has 0 heterocycles. The average Bonchev–Trinajstić information content (AvgIpc) is 2.46. The number of hydrogen-bond acceptors (Lipinski definition) is 2. The second kappa shape index (κ2) is 11.3. The number of aryl methyl sites for hydroxylation is 1. The predicted molar refractivity (Wildman–Crippen MR) is 103 cm³/mol. The topological polar surface area (TPSA) is 56.7 Å². The van der Waals surface area contributed by atoms with Crippen LogP contribution in [-0.4, -0.2) is 50.5 Å². The summed E-state index contributed by atoms with van der Waals surface area (Å²) in [6.07, 6.45) is 0.923. The molecule has 2 N–H and O–H groups in total. The molecule has 1 amide bonds. The summed E-state index contributed by atoms with van der Waals surface area (Å²) in [4.78, 5) is 17.4. The first-order valence-electron chi connectivity index (χ1n) is 7.30. The molecular formula is C16H27IN4O. The summed E-state index contributed by atoms with van der Waals surface area (Å²) >= 11 is 0. The third-order valence-corrected chi connectivity index (χ3v) is 3.04. The zero-order valence-corrected chi connectivity index (χ0v) is 16.2. The molecule has 0 fully saturated rings. The number of benzene rings is 1. The molecule has 0 aliphatic carbocycles. The van der Waals surface area contributed by atoms with E-state index in [2.05, 4.69) is 46.8 Å². The average molecular weight is 418 g/mol. The molecule has 0 saturated heterocycles. The quantitative estimate of drug-likeness (QED) is 0.421. The van der Waals surface area contributed by atoms with E-state index >= 15 is 0 Å². The van der Waals surface area contributed by atoms with Gasteiger partial charge in [0.2, 0.25) is 5.91 Å². The van der Waals surface area contributed by atoms with Gasteiger partial charge in [-0.1, -0.05) is 29.8 Å². The van der Waals surface area contributed by atoms with Crippen molar-refractivity contribution in [3.63, 3.8) is 0 Å². The minimum atomic E-state index is -0.00858. The fraction of sp³-hybridized carbons (Fsp3) is 0.500. The highest BCUT2D eigenvalue weighted by atomic mass is 127. The van der Waals surface area contributed by atoms with Crippen molar-refractivity contribution in [2.75, 3.05) is 33.7 Å². The zero-order valence-electron chi connectivity index (χ0n) is 13.8. The van der Waals surface area contributed by atoms with Gasteiger partial charge in [-0.2, -0.15) is 0 Å². The lowest BCUT2D eigenvalue weighted by Gasteiger charge is -2.12. The number of halogens is 1. The lowest BCUT2D eigenvalue weighted by molar-refractivity contribution is -0.127. The number of hydrogen-bond donors (Lipinski definition) is 2. The molecule has 1 aromatic carbocycles. The van der Waals surface area contributed by atoms with E-state index in [1.807, 2.05) is 6.92 Å². The van der Waals surface area contributed by atoms with Crippen molar-refractivity contribution < 1.29 is 4.79 Å². The summed E-state index contributed by atoms with van der Waals surface area (Å²) in [5.74, 6) is 0.672. The van der Waals surface area contributed by atoms with Crippen molar-refractivity contribution in [1.29, 1.82) is 0 Å². The van der Waals surface area contributed by atoms with Crippen molar-refractivity contribution in [1.82, 2.24) is 15.5 Å². The van der Waals surface area contributed by atoms with Crippen LogP contribution in [-0.2, 0) is 11.2 Å². The standard InChI is InChI=1S/C16H26N4O.HI/c1-5-17-16(19-12-15(21)20(3)4)18-11-10-14-8-6-13(2)7-9-14;/h6-9H,5,10-12H2,1-4H3,(H2,17,18,19);1H. The number of rotatable bonds is 6. The number of carbonyl (C=O) groups excluding carboxylic acids is 1. The molecule has 0 aromatic heterocycles. The number of amides is 1. The van der Waals surface area contributed by atoms with Crippen LogP contribution in [0.2, 0.25) is 0 Å². The molecule has 6 heteroatoms. The van der Waals surface area contributed by atoms with Gasteiger partial charge in [0.15, 0.2) is 5.96 Å². The van der Waals surface area contributed by atoms with Gasteiger partial charge in [0.25, 0.3) is 0 Å². The van der Waals surface area contributed by atoms with Gasteiger partial charge in [0.05, 0.1) is 0 Å². The second-order valence-electron chi connectivity index (χ2n) is 5.15. The Kier molecular flexibility index (Phi) is 10.6. The lowest BCUT2D eigenvalue weighted by Crippen LogP contribution is -2.39. The van der Waals surface area contributed by atoms with Crippen LogP contribution in [0.4, 0.5) is 0 Å². The largest absolute Gasteiger partial charge is 0.357 e. The molecule has 1 aromatic rings. The Labute approximate surface area is 150 Å². The van der Waals surface area contributed by atoms with E-state index in [9.17, 15) is 4.79 Å². The Morgan fingerprint density at radius 2 is 1.82 bits per heavy atom. The molecule has 5 nitrogen and oxygen atoms in total. The second-order valence-corrected chi connectivity index (χ2v) is 5.15. The minimum absolute atomic E-state index is 0. The number of nitrogens with one attached hydrogen (secondary N) is 2. The normalized spacial score (nSPS) is 10.6. The van der Waals surface area contributed by atoms with Gasteiger partial charge in [-0.15, -0.1) is 24.0 Å². The first-order valence-corrected chi connectivity index (χ1v) is 7.30. The zero-order chi connectivity index (χ0) is 15.7. The number of likely N-dealkylation sites (N-methyl/N-ethyl adjacent to an activating group) is 1. The van der Waals surface area contributed by atoms with Crippen LogP contribution in [0.5, 0.6) is 0 Å². The highest BCUT2D eigenvalue weighted by Gasteiger charge is 2.03. The smallest absolute Gasteiger partial charge is 0.243 e. The summed E-state index contributed by atoms with van der Waals surface area (Å²) in [7, 11) is 3.46. The maximum absolute atomic E-state index is 11.5. The number of nitrogens with zero attached hydrogens (tertiary/aromatic N) is 2. The fourth-order valence-corrected chi connectivity index (χ4v) is 1.71. The maximum Gasteiger partial charge on any atom is 0.243 e. The van der Waals surface area contributed by atoms with Crippen molar-refractivity contribution in [2.45, 2.75) is 20.3 Å². The molecule has 1 rings (SSSR count). The Bertz CT molecular complexity index is 472. The summed E-state index contributed by atoms with van der Waals surface area (Å²) < 4.78 is 0. The first-order chi connectivity index (χ1) is 10.0. The van der Waals surface area contributed by atoms with E-state index in [4.69, 9.17) is 0 Å². The predicted octanol–water partition coefficient (Wildman–Crippen LogP) is 1.80. The molecule has 0 saturated carbocycles. The van der Waals surface area contributed by atoms with Crippen molar-refractivity contribution in [3.8, 4) is 0 Å². The Balaban J connectivity index is 0.00000441. The van der Waals surface area contributed by atoms with Crippen LogP contribution < -0.4 is 10.6 Å². The fourth-order valence-electron chi connectivity index (χ4n) is 1.71. The Morgan fingerprint density at radius 1 is 1.18 bits per heavy atom. The molecule has 0 aliphatic heterocycles. The molecule has 0 spiro atoms. The van der Waals surface area contributed by atoms with E-state index in [-0.39, 0.29) is 36.4 Å². The van der Waals surface area contributed by atoms with Gasteiger partial charge in [0, 0.05) is 27.2 Å². The van der Waals surface area contributed by atoms with E-state index < -0.39 is 0 Å².